The molecule has 1 aliphatic carbocycles. The number of carbonyl (C=O) groups is 1. The van der Waals surface area contributed by atoms with Crippen LogP contribution in [-0.4, -0.2) is 71.7 Å². The summed E-state index contributed by atoms with van der Waals surface area (Å²) < 4.78 is 28.4. The third-order valence-electron chi connectivity index (χ3n) is 5.58. The Morgan fingerprint density at radius 2 is 1.81 bits per heavy atom. The first-order chi connectivity index (χ1) is 15.5. The van der Waals surface area contributed by atoms with Gasteiger partial charge in [-0.2, -0.15) is 4.31 Å². The molecule has 0 bridgehead atoms. The Balaban J connectivity index is 1.15. The molecule has 0 unspecified atom stereocenters. The molecule has 1 amide bonds. The predicted molar refractivity (Wildman–Crippen MR) is 127 cm³/mol. The standard InChI is InChI=1S/C21H23N5O3S3/c27-19(14-30-21-24-23-20(31-21)22-17-6-7-17)25-9-11-26(12-10-25)32(28,29)18-8-5-15-3-1-2-4-16(15)13-18/h1-5,8,13,17H,6-7,9-12,14H2,(H,22,23). The van der Waals surface area contributed by atoms with Crippen molar-refractivity contribution in [1.29, 1.82) is 0 Å². The number of carbonyl (C=O) groups excluding carboxylic acids is 1. The molecule has 32 heavy (non-hydrogen) atoms. The Bertz CT molecular complexity index is 1230. The van der Waals surface area contributed by atoms with Crippen LogP contribution in [0.25, 0.3) is 10.8 Å². The number of thioether (sulfide) groups is 1. The summed E-state index contributed by atoms with van der Waals surface area (Å²) in [4.78, 5) is 14.6. The minimum atomic E-state index is -3.59. The summed E-state index contributed by atoms with van der Waals surface area (Å²) in [6.07, 6.45) is 2.34. The number of hydrogen-bond acceptors (Lipinski definition) is 8. The number of benzene rings is 2. The zero-order chi connectivity index (χ0) is 22.1. The molecule has 168 valence electrons. The normalized spacial score (nSPS) is 17.6. The van der Waals surface area contributed by atoms with Crippen LogP contribution in [0.5, 0.6) is 0 Å². The minimum absolute atomic E-state index is 0.00958. The monoisotopic (exact) mass is 489 g/mol. The molecule has 1 saturated heterocycles. The van der Waals surface area contributed by atoms with Crippen molar-refractivity contribution in [2.24, 2.45) is 0 Å². The van der Waals surface area contributed by atoms with Gasteiger partial charge >= 0.3 is 0 Å². The maximum Gasteiger partial charge on any atom is 0.243 e. The van der Waals surface area contributed by atoms with Gasteiger partial charge in [-0.05, 0) is 35.7 Å². The van der Waals surface area contributed by atoms with Crippen molar-refractivity contribution in [2.75, 3.05) is 37.2 Å². The van der Waals surface area contributed by atoms with Crippen molar-refractivity contribution in [3.8, 4) is 0 Å². The van der Waals surface area contributed by atoms with Crippen LogP contribution in [0.3, 0.4) is 0 Å². The lowest BCUT2D eigenvalue weighted by molar-refractivity contribution is -0.129. The summed E-state index contributed by atoms with van der Waals surface area (Å²) in [6, 6.07) is 13.4. The predicted octanol–water partition coefficient (Wildman–Crippen LogP) is 2.89. The molecule has 0 atom stereocenters. The quantitative estimate of drug-likeness (QED) is 0.510. The van der Waals surface area contributed by atoms with Gasteiger partial charge in [-0.1, -0.05) is 53.4 Å². The molecule has 0 radical (unpaired) electrons. The highest BCUT2D eigenvalue weighted by Crippen LogP contribution is 2.30. The largest absolute Gasteiger partial charge is 0.357 e. The van der Waals surface area contributed by atoms with Gasteiger partial charge in [0.15, 0.2) is 4.34 Å². The van der Waals surface area contributed by atoms with Crippen LogP contribution in [0, 0.1) is 0 Å². The van der Waals surface area contributed by atoms with Crippen LogP contribution in [0.15, 0.2) is 51.7 Å². The molecule has 2 heterocycles. The van der Waals surface area contributed by atoms with E-state index >= 15 is 0 Å². The Hall–Kier alpha value is -2.21. The van der Waals surface area contributed by atoms with Crippen molar-refractivity contribution < 1.29 is 13.2 Å². The van der Waals surface area contributed by atoms with E-state index in [0.29, 0.717) is 37.1 Å². The highest BCUT2D eigenvalue weighted by Gasteiger charge is 2.30. The summed E-state index contributed by atoms with van der Waals surface area (Å²) >= 11 is 2.84. The number of nitrogens with zero attached hydrogens (tertiary/aromatic N) is 4. The first kappa shape index (κ1) is 21.6. The fourth-order valence-corrected chi connectivity index (χ4v) is 6.79. The summed E-state index contributed by atoms with van der Waals surface area (Å²) in [7, 11) is -3.59. The van der Waals surface area contributed by atoms with E-state index in [1.165, 1.54) is 40.2 Å². The summed E-state index contributed by atoms with van der Waals surface area (Å²) in [5.41, 5.74) is 0. The molecular weight excluding hydrogens is 466 g/mol. The fourth-order valence-electron chi connectivity index (χ4n) is 3.60. The van der Waals surface area contributed by atoms with Crippen molar-refractivity contribution in [1.82, 2.24) is 19.4 Å². The molecule has 2 aromatic carbocycles. The van der Waals surface area contributed by atoms with Crippen molar-refractivity contribution >= 4 is 54.9 Å². The van der Waals surface area contributed by atoms with Gasteiger partial charge < -0.3 is 10.2 Å². The maximum absolute atomic E-state index is 13.1. The first-order valence-corrected chi connectivity index (χ1v) is 13.7. The number of anilines is 1. The number of sulfonamides is 1. The molecule has 2 aliphatic rings. The number of amides is 1. The van der Waals surface area contributed by atoms with Gasteiger partial charge in [0.05, 0.1) is 10.6 Å². The number of aromatic nitrogens is 2. The second kappa shape index (κ2) is 8.97. The average Bonchev–Trinajstić information content (AvgIpc) is 3.52. The molecule has 1 aliphatic heterocycles. The minimum Gasteiger partial charge on any atom is -0.357 e. The van der Waals surface area contributed by atoms with Crippen molar-refractivity contribution in [3.63, 3.8) is 0 Å². The molecule has 3 aromatic rings. The van der Waals surface area contributed by atoms with E-state index in [4.69, 9.17) is 0 Å². The number of hydrogen-bond donors (Lipinski definition) is 1. The zero-order valence-corrected chi connectivity index (χ0v) is 19.8. The Morgan fingerprint density at radius 3 is 2.56 bits per heavy atom. The molecule has 1 aromatic heterocycles. The Morgan fingerprint density at radius 1 is 1.06 bits per heavy atom. The third kappa shape index (κ3) is 4.75. The van der Waals surface area contributed by atoms with E-state index in [9.17, 15) is 13.2 Å². The van der Waals surface area contributed by atoms with Gasteiger partial charge in [0, 0.05) is 32.2 Å². The van der Waals surface area contributed by atoms with E-state index < -0.39 is 10.0 Å². The molecule has 5 rings (SSSR count). The van der Waals surface area contributed by atoms with E-state index in [1.54, 1.807) is 17.0 Å². The molecule has 8 nitrogen and oxygen atoms in total. The number of piperazine rings is 1. The maximum atomic E-state index is 13.1. The molecular formula is C21H23N5O3S3. The zero-order valence-electron chi connectivity index (χ0n) is 17.3. The average molecular weight is 490 g/mol. The van der Waals surface area contributed by atoms with Gasteiger partial charge in [-0.25, -0.2) is 8.42 Å². The molecule has 1 N–H and O–H groups in total. The number of nitrogens with one attached hydrogen (secondary N) is 1. The number of rotatable bonds is 7. The fraction of sp³-hybridized carbons (Fsp3) is 0.381. The third-order valence-corrected chi connectivity index (χ3v) is 9.45. The second-order valence-corrected chi connectivity index (χ2v) is 12.0. The molecule has 0 spiro atoms. The van der Waals surface area contributed by atoms with Gasteiger partial charge in [0.1, 0.15) is 0 Å². The van der Waals surface area contributed by atoms with E-state index in [2.05, 4.69) is 15.5 Å². The van der Waals surface area contributed by atoms with E-state index in [1.807, 2.05) is 30.3 Å². The molecule has 11 heteroatoms. The van der Waals surface area contributed by atoms with Crippen LogP contribution >= 0.6 is 23.1 Å². The van der Waals surface area contributed by atoms with Gasteiger partial charge in [0.2, 0.25) is 21.1 Å². The van der Waals surface area contributed by atoms with Gasteiger partial charge in [-0.15, -0.1) is 10.2 Å². The van der Waals surface area contributed by atoms with Crippen LogP contribution in [0.1, 0.15) is 12.8 Å². The summed E-state index contributed by atoms with van der Waals surface area (Å²) in [6.45, 7) is 1.35. The lowest BCUT2D eigenvalue weighted by Gasteiger charge is -2.34. The summed E-state index contributed by atoms with van der Waals surface area (Å²) in [5.74, 6) is 0.264. The second-order valence-electron chi connectivity index (χ2n) is 7.87. The Labute approximate surface area is 195 Å². The van der Waals surface area contributed by atoms with Crippen LogP contribution < -0.4 is 5.32 Å². The molecule has 2 fully saturated rings. The topological polar surface area (TPSA) is 95.5 Å². The Kier molecular flexibility index (Phi) is 6.06. The lowest BCUT2D eigenvalue weighted by atomic mass is 10.1. The van der Waals surface area contributed by atoms with Gasteiger partial charge in [0.25, 0.3) is 0 Å². The lowest BCUT2D eigenvalue weighted by Crippen LogP contribution is -2.50. The number of fused-ring (bicyclic) bond motifs is 1. The van der Waals surface area contributed by atoms with Crippen LogP contribution in [0.2, 0.25) is 0 Å². The highest BCUT2D eigenvalue weighted by molar-refractivity contribution is 8.01. The van der Waals surface area contributed by atoms with E-state index in [-0.39, 0.29) is 11.7 Å². The van der Waals surface area contributed by atoms with Crippen LogP contribution in [-0.2, 0) is 14.8 Å². The van der Waals surface area contributed by atoms with Crippen molar-refractivity contribution in [2.45, 2.75) is 28.1 Å². The SMILES string of the molecule is O=C(CSc1nnc(NC2CC2)s1)N1CCN(S(=O)(=O)c2ccc3ccccc3c2)CC1. The van der Waals surface area contributed by atoms with E-state index in [0.717, 1.165) is 20.2 Å². The van der Waals surface area contributed by atoms with Gasteiger partial charge in [-0.3, -0.25) is 4.79 Å². The molecule has 1 saturated carbocycles. The van der Waals surface area contributed by atoms with Crippen molar-refractivity contribution in [3.05, 3.63) is 42.5 Å². The summed E-state index contributed by atoms with van der Waals surface area (Å²) in [5, 5.41) is 14.2. The first-order valence-electron chi connectivity index (χ1n) is 10.5. The smallest absolute Gasteiger partial charge is 0.243 e. The van der Waals surface area contributed by atoms with Crippen LogP contribution in [0.4, 0.5) is 5.13 Å². The highest BCUT2D eigenvalue weighted by atomic mass is 32.2.